The highest BCUT2D eigenvalue weighted by molar-refractivity contribution is 5.96. The maximum absolute atomic E-state index is 12.3. The van der Waals surface area contributed by atoms with E-state index in [1.165, 1.54) is 24.2 Å². The number of benzene rings is 1. The van der Waals surface area contributed by atoms with Crippen LogP contribution in [0.3, 0.4) is 0 Å². The van der Waals surface area contributed by atoms with Gasteiger partial charge in [-0.1, -0.05) is 38.7 Å². The van der Waals surface area contributed by atoms with Crippen LogP contribution in [0.15, 0.2) is 24.3 Å². The third-order valence-electron chi connectivity index (χ3n) is 3.54. The molecule has 128 valence electrons. The molecule has 0 atom stereocenters. The second-order valence-corrected chi connectivity index (χ2v) is 5.53. The van der Waals surface area contributed by atoms with Crippen molar-refractivity contribution in [1.29, 1.82) is 0 Å². The molecule has 0 saturated heterocycles. The van der Waals surface area contributed by atoms with E-state index in [1.54, 1.807) is 38.4 Å². The predicted molar refractivity (Wildman–Crippen MR) is 89.7 cm³/mol. The Kier molecular flexibility index (Phi) is 8.80. The van der Waals surface area contributed by atoms with Gasteiger partial charge in [-0.25, -0.2) is 0 Å². The first kappa shape index (κ1) is 19.0. The van der Waals surface area contributed by atoms with Crippen LogP contribution in [0.2, 0.25) is 0 Å². The Hall–Kier alpha value is -2.04. The number of ether oxygens (including phenoxy) is 2. The Balaban J connectivity index is 2.35. The molecule has 0 bridgehead atoms. The molecule has 0 saturated carbocycles. The number of rotatable bonds is 10. The van der Waals surface area contributed by atoms with Crippen molar-refractivity contribution in [3.8, 4) is 5.75 Å². The summed E-state index contributed by atoms with van der Waals surface area (Å²) in [6, 6.07) is 6.86. The largest absolute Gasteiger partial charge is 0.497 e. The first-order valence-corrected chi connectivity index (χ1v) is 8.13. The van der Waals surface area contributed by atoms with Crippen LogP contribution >= 0.6 is 0 Å². The van der Waals surface area contributed by atoms with Crippen LogP contribution in [0, 0.1) is 0 Å². The Morgan fingerprint density at radius 3 is 2.57 bits per heavy atom. The molecular formula is C18H27NO4. The minimum atomic E-state index is -0.376. The molecule has 1 amide bonds. The van der Waals surface area contributed by atoms with E-state index in [2.05, 4.69) is 6.92 Å². The Labute approximate surface area is 138 Å². The van der Waals surface area contributed by atoms with Crippen LogP contribution in [0.5, 0.6) is 5.75 Å². The summed E-state index contributed by atoms with van der Waals surface area (Å²) in [5, 5.41) is 0. The summed E-state index contributed by atoms with van der Waals surface area (Å²) in [5.41, 5.74) is 0.485. The number of carbonyl (C=O) groups is 2. The van der Waals surface area contributed by atoms with Gasteiger partial charge in [0.2, 0.25) is 0 Å². The van der Waals surface area contributed by atoms with Gasteiger partial charge in [0.15, 0.2) is 0 Å². The highest BCUT2D eigenvalue weighted by atomic mass is 16.5. The summed E-state index contributed by atoms with van der Waals surface area (Å²) >= 11 is 0. The van der Waals surface area contributed by atoms with Gasteiger partial charge < -0.3 is 14.4 Å². The molecule has 1 aromatic carbocycles. The second-order valence-electron chi connectivity index (χ2n) is 5.53. The Bertz CT molecular complexity index is 502. The van der Waals surface area contributed by atoms with Crippen LogP contribution in [-0.2, 0) is 9.53 Å². The highest BCUT2D eigenvalue weighted by Gasteiger charge is 2.16. The highest BCUT2D eigenvalue weighted by Crippen LogP contribution is 2.14. The number of methoxy groups -OCH3 is 1. The van der Waals surface area contributed by atoms with Crippen LogP contribution in [-0.4, -0.2) is 44.1 Å². The molecule has 0 spiro atoms. The third-order valence-corrected chi connectivity index (χ3v) is 3.54. The fourth-order valence-electron chi connectivity index (χ4n) is 2.18. The topological polar surface area (TPSA) is 55.8 Å². The van der Waals surface area contributed by atoms with E-state index in [0.717, 1.165) is 12.8 Å². The zero-order valence-corrected chi connectivity index (χ0v) is 14.3. The Morgan fingerprint density at radius 1 is 1.13 bits per heavy atom. The summed E-state index contributed by atoms with van der Waals surface area (Å²) < 4.78 is 10.3. The summed E-state index contributed by atoms with van der Waals surface area (Å²) in [6.45, 7) is 2.53. The van der Waals surface area contributed by atoms with Crippen molar-refractivity contribution in [2.24, 2.45) is 0 Å². The van der Waals surface area contributed by atoms with Crippen LogP contribution in [0.25, 0.3) is 0 Å². The number of likely N-dealkylation sites (N-methyl/N-ethyl adjacent to an activating group) is 1. The lowest BCUT2D eigenvalue weighted by atomic mass is 10.2. The van der Waals surface area contributed by atoms with Gasteiger partial charge in [0.05, 0.1) is 13.7 Å². The van der Waals surface area contributed by atoms with Crippen molar-refractivity contribution >= 4 is 11.9 Å². The molecule has 0 fully saturated rings. The molecular weight excluding hydrogens is 294 g/mol. The quantitative estimate of drug-likeness (QED) is 0.490. The molecule has 0 aliphatic carbocycles. The fraction of sp³-hybridized carbons (Fsp3) is 0.556. The van der Waals surface area contributed by atoms with E-state index in [-0.39, 0.29) is 18.4 Å². The van der Waals surface area contributed by atoms with E-state index < -0.39 is 0 Å². The molecule has 5 heteroatoms. The molecule has 0 heterocycles. The van der Waals surface area contributed by atoms with Crippen molar-refractivity contribution in [2.45, 2.75) is 39.0 Å². The standard InChI is InChI=1S/C18H27NO4/c1-4-5-6-7-8-12-23-17(20)14-19(2)18(21)15-10-9-11-16(13-15)22-3/h9-11,13H,4-8,12,14H2,1-3H3. The van der Waals surface area contributed by atoms with Gasteiger partial charge in [-0.3, -0.25) is 9.59 Å². The van der Waals surface area contributed by atoms with Crippen LogP contribution in [0.1, 0.15) is 49.4 Å². The van der Waals surface area contributed by atoms with E-state index in [4.69, 9.17) is 9.47 Å². The van der Waals surface area contributed by atoms with Crippen molar-refractivity contribution in [3.63, 3.8) is 0 Å². The predicted octanol–water partition coefficient (Wildman–Crippen LogP) is 3.28. The zero-order valence-electron chi connectivity index (χ0n) is 14.3. The summed E-state index contributed by atoms with van der Waals surface area (Å²) in [5.74, 6) is 0.00180. The molecule has 0 aromatic heterocycles. The average molecular weight is 321 g/mol. The smallest absolute Gasteiger partial charge is 0.325 e. The van der Waals surface area contributed by atoms with Gasteiger partial charge in [0.25, 0.3) is 5.91 Å². The van der Waals surface area contributed by atoms with Gasteiger partial charge in [0, 0.05) is 12.6 Å². The molecule has 23 heavy (non-hydrogen) atoms. The summed E-state index contributed by atoms with van der Waals surface area (Å²) in [6.07, 6.45) is 5.52. The molecule has 5 nitrogen and oxygen atoms in total. The maximum Gasteiger partial charge on any atom is 0.325 e. The summed E-state index contributed by atoms with van der Waals surface area (Å²) in [7, 11) is 3.13. The van der Waals surface area contributed by atoms with E-state index in [9.17, 15) is 9.59 Å². The van der Waals surface area contributed by atoms with Crippen LogP contribution < -0.4 is 4.74 Å². The zero-order chi connectivity index (χ0) is 17.1. The van der Waals surface area contributed by atoms with Gasteiger partial charge in [-0.15, -0.1) is 0 Å². The second kappa shape index (κ2) is 10.6. The Morgan fingerprint density at radius 2 is 1.87 bits per heavy atom. The number of nitrogens with zero attached hydrogens (tertiary/aromatic N) is 1. The number of carbonyl (C=O) groups excluding carboxylic acids is 2. The molecule has 1 aromatic rings. The number of hydrogen-bond acceptors (Lipinski definition) is 4. The molecule has 1 rings (SSSR count). The molecule has 0 unspecified atom stereocenters. The van der Waals surface area contributed by atoms with Crippen molar-refractivity contribution in [2.75, 3.05) is 27.3 Å². The van der Waals surface area contributed by atoms with Gasteiger partial charge in [0.1, 0.15) is 12.3 Å². The van der Waals surface area contributed by atoms with Crippen molar-refractivity contribution in [1.82, 2.24) is 4.90 Å². The number of unbranched alkanes of at least 4 members (excludes halogenated alkanes) is 4. The molecule has 0 radical (unpaired) electrons. The maximum atomic E-state index is 12.3. The lowest BCUT2D eigenvalue weighted by Gasteiger charge is -2.16. The van der Waals surface area contributed by atoms with Crippen LogP contribution in [0.4, 0.5) is 0 Å². The van der Waals surface area contributed by atoms with E-state index >= 15 is 0 Å². The lowest BCUT2D eigenvalue weighted by Crippen LogP contribution is -2.33. The van der Waals surface area contributed by atoms with Gasteiger partial charge in [-0.2, -0.15) is 0 Å². The average Bonchev–Trinajstić information content (AvgIpc) is 2.57. The van der Waals surface area contributed by atoms with Gasteiger partial charge >= 0.3 is 5.97 Å². The van der Waals surface area contributed by atoms with Crippen molar-refractivity contribution in [3.05, 3.63) is 29.8 Å². The van der Waals surface area contributed by atoms with E-state index in [1.807, 2.05) is 0 Å². The van der Waals surface area contributed by atoms with Gasteiger partial charge in [-0.05, 0) is 24.6 Å². The SMILES string of the molecule is CCCCCCCOC(=O)CN(C)C(=O)c1cccc(OC)c1. The monoisotopic (exact) mass is 321 g/mol. The normalized spacial score (nSPS) is 10.2. The molecule has 0 N–H and O–H groups in total. The fourth-order valence-corrected chi connectivity index (χ4v) is 2.18. The minimum absolute atomic E-state index is 0.0506. The summed E-state index contributed by atoms with van der Waals surface area (Å²) in [4.78, 5) is 25.4. The van der Waals surface area contributed by atoms with Crippen molar-refractivity contribution < 1.29 is 19.1 Å². The first-order valence-electron chi connectivity index (χ1n) is 8.13. The minimum Gasteiger partial charge on any atom is -0.497 e. The number of amides is 1. The molecule has 0 aliphatic rings. The third kappa shape index (κ3) is 7.17. The number of esters is 1. The van der Waals surface area contributed by atoms with E-state index in [0.29, 0.717) is 17.9 Å². The molecule has 0 aliphatic heterocycles. The first-order chi connectivity index (χ1) is 11.1. The lowest BCUT2D eigenvalue weighted by molar-refractivity contribution is -0.144. The number of hydrogen-bond donors (Lipinski definition) is 0.